The second-order valence-corrected chi connectivity index (χ2v) is 4.34. The third-order valence-electron chi connectivity index (χ3n) is 2.98. The van der Waals surface area contributed by atoms with Crippen molar-refractivity contribution in [2.45, 2.75) is 13.5 Å². The van der Waals surface area contributed by atoms with E-state index in [9.17, 15) is 14.3 Å². The highest BCUT2D eigenvalue weighted by Gasteiger charge is 2.18. The molecule has 1 heterocycles. The van der Waals surface area contributed by atoms with E-state index in [-0.39, 0.29) is 17.2 Å². The van der Waals surface area contributed by atoms with Gasteiger partial charge in [-0.25, -0.2) is 4.39 Å². The smallest absolute Gasteiger partial charge is 0.257 e. The first-order valence-corrected chi connectivity index (χ1v) is 6.28. The largest absolute Gasteiger partial charge is 0.507 e. The SMILES string of the molecule is CCN(Cc1ccncc1)C(=O)c1ccc(F)cc1O. The number of halogens is 1. The zero-order valence-electron chi connectivity index (χ0n) is 11.1. The summed E-state index contributed by atoms with van der Waals surface area (Å²) in [5.74, 6) is -1.25. The summed E-state index contributed by atoms with van der Waals surface area (Å²) in [5, 5.41) is 9.67. The number of aromatic nitrogens is 1. The zero-order valence-corrected chi connectivity index (χ0v) is 11.1. The summed E-state index contributed by atoms with van der Waals surface area (Å²) in [5.41, 5.74) is 1.04. The van der Waals surface area contributed by atoms with Crippen LogP contribution in [-0.2, 0) is 6.54 Å². The van der Waals surface area contributed by atoms with E-state index in [1.165, 1.54) is 6.07 Å². The first-order valence-electron chi connectivity index (χ1n) is 6.28. The van der Waals surface area contributed by atoms with Crippen LogP contribution in [-0.4, -0.2) is 27.4 Å². The molecule has 4 nitrogen and oxygen atoms in total. The van der Waals surface area contributed by atoms with Gasteiger partial charge < -0.3 is 10.0 Å². The molecule has 0 aliphatic carbocycles. The molecule has 20 heavy (non-hydrogen) atoms. The highest BCUT2D eigenvalue weighted by Crippen LogP contribution is 2.20. The lowest BCUT2D eigenvalue weighted by Gasteiger charge is -2.21. The Bertz CT molecular complexity index is 602. The Morgan fingerprint density at radius 3 is 2.60 bits per heavy atom. The number of pyridine rings is 1. The quantitative estimate of drug-likeness (QED) is 0.932. The zero-order chi connectivity index (χ0) is 14.5. The monoisotopic (exact) mass is 274 g/mol. The van der Waals surface area contributed by atoms with E-state index < -0.39 is 5.82 Å². The predicted molar refractivity (Wildman–Crippen MR) is 72.7 cm³/mol. The van der Waals surface area contributed by atoms with E-state index >= 15 is 0 Å². The van der Waals surface area contributed by atoms with Crippen LogP contribution >= 0.6 is 0 Å². The predicted octanol–water partition coefficient (Wildman–Crippen LogP) is 2.59. The number of phenols is 1. The molecule has 0 aliphatic heterocycles. The van der Waals surface area contributed by atoms with Crippen molar-refractivity contribution in [1.29, 1.82) is 0 Å². The lowest BCUT2D eigenvalue weighted by molar-refractivity contribution is 0.0749. The summed E-state index contributed by atoms with van der Waals surface area (Å²) in [6.45, 7) is 2.74. The van der Waals surface area contributed by atoms with Crippen LogP contribution in [0.5, 0.6) is 5.75 Å². The van der Waals surface area contributed by atoms with Crippen molar-refractivity contribution in [1.82, 2.24) is 9.88 Å². The Labute approximate surface area is 116 Å². The van der Waals surface area contributed by atoms with Gasteiger partial charge in [-0.05, 0) is 36.8 Å². The maximum Gasteiger partial charge on any atom is 0.257 e. The van der Waals surface area contributed by atoms with Crippen molar-refractivity contribution in [3.8, 4) is 5.75 Å². The van der Waals surface area contributed by atoms with Gasteiger partial charge in [-0.3, -0.25) is 9.78 Å². The highest BCUT2D eigenvalue weighted by atomic mass is 19.1. The molecule has 0 spiro atoms. The van der Waals surface area contributed by atoms with Crippen molar-refractivity contribution < 1.29 is 14.3 Å². The molecule has 5 heteroatoms. The van der Waals surface area contributed by atoms with Gasteiger partial charge in [0.15, 0.2) is 0 Å². The second kappa shape index (κ2) is 6.14. The number of aromatic hydroxyl groups is 1. The molecule has 0 aliphatic rings. The number of phenolic OH excluding ortho intramolecular Hbond substituents is 1. The standard InChI is InChI=1S/C15H15FN2O2/c1-2-18(10-11-5-7-17-8-6-11)15(20)13-4-3-12(16)9-14(13)19/h3-9,19H,2,10H2,1H3. The maximum atomic E-state index is 12.9. The van der Waals surface area contributed by atoms with E-state index in [1.54, 1.807) is 17.3 Å². The van der Waals surface area contributed by atoms with Gasteiger partial charge in [0.05, 0.1) is 5.56 Å². The van der Waals surface area contributed by atoms with Gasteiger partial charge in [-0.2, -0.15) is 0 Å². The molecule has 0 unspecified atom stereocenters. The van der Waals surface area contributed by atoms with Crippen molar-refractivity contribution in [2.75, 3.05) is 6.54 Å². The number of carbonyl (C=O) groups excluding carboxylic acids is 1. The van der Waals surface area contributed by atoms with Gasteiger partial charge in [0.25, 0.3) is 5.91 Å². The fourth-order valence-corrected chi connectivity index (χ4v) is 1.89. The summed E-state index contributed by atoms with van der Waals surface area (Å²) in [6.07, 6.45) is 3.31. The number of benzene rings is 1. The van der Waals surface area contributed by atoms with Crippen LogP contribution in [0.2, 0.25) is 0 Å². The lowest BCUT2D eigenvalue weighted by Crippen LogP contribution is -2.30. The minimum atomic E-state index is -0.573. The number of carbonyl (C=O) groups is 1. The first kappa shape index (κ1) is 14.0. The van der Waals surface area contributed by atoms with E-state index in [0.29, 0.717) is 13.1 Å². The van der Waals surface area contributed by atoms with E-state index in [0.717, 1.165) is 17.7 Å². The van der Waals surface area contributed by atoms with Crippen molar-refractivity contribution in [3.05, 3.63) is 59.7 Å². The number of hydrogen-bond donors (Lipinski definition) is 1. The van der Waals surface area contributed by atoms with Gasteiger partial charge in [0, 0.05) is 31.5 Å². The Kier molecular flexibility index (Phi) is 4.30. The molecule has 0 fully saturated rings. The number of hydrogen-bond acceptors (Lipinski definition) is 3. The Hall–Kier alpha value is -2.43. The number of amides is 1. The molecular weight excluding hydrogens is 259 g/mol. The minimum absolute atomic E-state index is 0.0994. The van der Waals surface area contributed by atoms with Crippen LogP contribution in [0, 0.1) is 5.82 Å². The summed E-state index contributed by atoms with van der Waals surface area (Å²) in [7, 11) is 0. The molecule has 0 radical (unpaired) electrons. The third kappa shape index (κ3) is 3.12. The van der Waals surface area contributed by atoms with Gasteiger partial charge in [0.1, 0.15) is 11.6 Å². The average Bonchev–Trinajstić information content (AvgIpc) is 2.45. The molecular formula is C15H15FN2O2. The Morgan fingerprint density at radius 1 is 1.30 bits per heavy atom. The molecule has 2 rings (SSSR count). The molecule has 1 aromatic heterocycles. The van der Waals surface area contributed by atoms with Gasteiger partial charge >= 0.3 is 0 Å². The fraction of sp³-hybridized carbons (Fsp3) is 0.200. The molecule has 1 N–H and O–H groups in total. The molecule has 0 saturated carbocycles. The fourth-order valence-electron chi connectivity index (χ4n) is 1.89. The number of nitrogens with zero attached hydrogens (tertiary/aromatic N) is 2. The van der Waals surface area contributed by atoms with Crippen LogP contribution < -0.4 is 0 Å². The topological polar surface area (TPSA) is 53.4 Å². The first-order chi connectivity index (χ1) is 9.61. The van der Waals surface area contributed by atoms with Crippen LogP contribution in [0.3, 0.4) is 0 Å². The third-order valence-corrected chi connectivity index (χ3v) is 2.98. The lowest BCUT2D eigenvalue weighted by atomic mass is 10.1. The Balaban J connectivity index is 2.21. The van der Waals surface area contributed by atoms with Crippen molar-refractivity contribution in [3.63, 3.8) is 0 Å². The van der Waals surface area contributed by atoms with Gasteiger partial charge in [-0.15, -0.1) is 0 Å². The van der Waals surface area contributed by atoms with Crippen molar-refractivity contribution in [2.24, 2.45) is 0 Å². The minimum Gasteiger partial charge on any atom is -0.507 e. The second-order valence-electron chi connectivity index (χ2n) is 4.34. The van der Waals surface area contributed by atoms with Crippen molar-refractivity contribution >= 4 is 5.91 Å². The normalized spacial score (nSPS) is 10.3. The average molecular weight is 274 g/mol. The van der Waals surface area contributed by atoms with Crippen LogP contribution in [0.4, 0.5) is 4.39 Å². The van der Waals surface area contributed by atoms with Gasteiger partial charge in [-0.1, -0.05) is 0 Å². The van der Waals surface area contributed by atoms with E-state index in [2.05, 4.69) is 4.98 Å². The van der Waals surface area contributed by atoms with E-state index in [4.69, 9.17) is 0 Å². The molecule has 1 amide bonds. The Morgan fingerprint density at radius 2 is 2.00 bits per heavy atom. The van der Waals surface area contributed by atoms with Gasteiger partial charge in [0.2, 0.25) is 0 Å². The van der Waals surface area contributed by atoms with Crippen LogP contribution in [0.25, 0.3) is 0 Å². The molecule has 0 bridgehead atoms. The summed E-state index contributed by atoms with van der Waals surface area (Å²) in [4.78, 5) is 17.8. The molecule has 2 aromatic rings. The maximum absolute atomic E-state index is 12.9. The molecule has 104 valence electrons. The molecule has 1 aromatic carbocycles. The van der Waals surface area contributed by atoms with Crippen LogP contribution in [0.15, 0.2) is 42.7 Å². The molecule has 0 atom stereocenters. The highest BCUT2D eigenvalue weighted by molar-refractivity contribution is 5.96. The number of rotatable bonds is 4. The van der Waals surface area contributed by atoms with Crippen LogP contribution in [0.1, 0.15) is 22.8 Å². The summed E-state index contributed by atoms with van der Waals surface area (Å²) >= 11 is 0. The summed E-state index contributed by atoms with van der Waals surface area (Å²) < 4.78 is 12.9. The summed E-state index contributed by atoms with van der Waals surface area (Å²) in [6, 6.07) is 7.03. The van der Waals surface area contributed by atoms with E-state index in [1.807, 2.05) is 19.1 Å². The molecule has 0 saturated heterocycles.